The zero-order valence-electron chi connectivity index (χ0n) is 9.31. The number of hydrogen-bond donors (Lipinski definition) is 0. The Morgan fingerprint density at radius 1 is 0.737 bits per heavy atom. The van der Waals surface area contributed by atoms with Gasteiger partial charge in [0.25, 0.3) is 0 Å². The molecular weight excluding hydrogens is 285 g/mol. The predicted octanol–water partition coefficient (Wildman–Crippen LogP) is 3.92. The highest BCUT2D eigenvalue weighted by atomic mass is 32.2. The third-order valence-electron chi connectivity index (χ3n) is 2.96. The summed E-state index contributed by atoms with van der Waals surface area (Å²) >= 11 is 1.62. The largest absolute Gasteiger partial charge is 0.318 e. The van der Waals surface area contributed by atoms with E-state index in [0.717, 1.165) is 15.7 Å². The average molecular weight is 291 g/mol. The molecule has 1 aromatic carbocycles. The highest BCUT2D eigenvalue weighted by Gasteiger charge is 2.27. The maximum absolute atomic E-state index is 13.6. The molecule has 1 aromatic heterocycles. The normalized spacial score (nSPS) is 13.9. The van der Waals surface area contributed by atoms with Crippen LogP contribution in [0, 0.1) is 29.1 Å². The summed E-state index contributed by atoms with van der Waals surface area (Å²) in [6.45, 7) is 0. The molecule has 100 valence electrons. The number of benzene rings is 1. The Hall–Kier alpha value is -1.50. The number of thioether (sulfide) groups is 1. The molecule has 0 fully saturated rings. The van der Waals surface area contributed by atoms with Gasteiger partial charge in [-0.15, -0.1) is 0 Å². The Labute approximate surface area is 109 Å². The van der Waals surface area contributed by atoms with E-state index in [1.807, 2.05) is 0 Å². The first-order chi connectivity index (χ1) is 9.00. The van der Waals surface area contributed by atoms with Gasteiger partial charge in [0.15, 0.2) is 23.3 Å². The zero-order valence-corrected chi connectivity index (χ0v) is 10.1. The van der Waals surface area contributed by atoms with Crippen molar-refractivity contribution in [1.29, 1.82) is 0 Å². The second kappa shape index (κ2) is 4.26. The third kappa shape index (κ3) is 1.75. The number of aromatic nitrogens is 1. The molecule has 0 saturated heterocycles. The van der Waals surface area contributed by atoms with E-state index in [0.29, 0.717) is 11.5 Å². The van der Waals surface area contributed by atoms with Gasteiger partial charge in [-0.1, -0.05) is 0 Å². The van der Waals surface area contributed by atoms with Crippen molar-refractivity contribution in [2.45, 2.75) is 11.5 Å². The van der Waals surface area contributed by atoms with Gasteiger partial charge in [-0.2, -0.15) is 11.8 Å². The van der Waals surface area contributed by atoms with Gasteiger partial charge >= 0.3 is 0 Å². The van der Waals surface area contributed by atoms with Crippen molar-refractivity contribution >= 4 is 11.8 Å². The highest BCUT2D eigenvalue weighted by molar-refractivity contribution is 7.98. The van der Waals surface area contributed by atoms with Crippen LogP contribution in [0.2, 0.25) is 0 Å². The van der Waals surface area contributed by atoms with Crippen molar-refractivity contribution in [3.63, 3.8) is 0 Å². The minimum absolute atomic E-state index is 0.664. The minimum atomic E-state index is -2.14. The summed E-state index contributed by atoms with van der Waals surface area (Å²) in [5.41, 5.74) is 0.749. The Balaban J connectivity index is 2.24. The second-order valence-corrected chi connectivity index (χ2v) is 5.11. The SMILES string of the molecule is Fc1c(F)c(F)c(-n2cc3c(c2)CSC3)c(F)c1F. The van der Waals surface area contributed by atoms with Crippen LogP contribution in [0.5, 0.6) is 0 Å². The Morgan fingerprint density at radius 2 is 1.16 bits per heavy atom. The summed E-state index contributed by atoms with van der Waals surface area (Å²) in [7, 11) is 0. The minimum Gasteiger partial charge on any atom is -0.318 e. The van der Waals surface area contributed by atoms with Crippen LogP contribution in [-0.2, 0) is 11.5 Å². The van der Waals surface area contributed by atoms with E-state index in [9.17, 15) is 22.0 Å². The lowest BCUT2D eigenvalue weighted by atomic mass is 10.2. The molecule has 0 spiro atoms. The third-order valence-corrected chi connectivity index (χ3v) is 3.99. The summed E-state index contributed by atoms with van der Waals surface area (Å²) in [5, 5.41) is 0. The molecule has 0 bridgehead atoms. The Kier molecular flexibility index (Phi) is 2.81. The molecule has 0 unspecified atom stereocenters. The first kappa shape index (κ1) is 12.5. The van der Waals surface area contributed by atoms with Crippen LogP contribution in [0.4, 0.5) is 22.0 Å². The lowest BCUT2D eigenvalue weighted by molar-refractivity contribution is 0.375. The number of rotatable bonds is 1. The van der Waals surface area contributed by atoms with Crippen LogP contribution >= 0.6 is 11.8 Å². The summed E-state index contributed by atoms with van der Waals surface area (Å²) < 4.78 is 67.3. The van der Waals surface area contributed by atoms with Crippen LogP contribution in [0.3, 0.4) is 0 Å². The molecule has 0 N–H and O–H groups in total. The standard InChI is InChI=1S/C12H6F5NS/c13-7-8(14)10(16)12(11(17)9(7)15)18-1-5-3-19-4-6(5)2-18/h1-2H,3-4H2. The van der Waals surface area contributed by atoms with E-state index in [1.165, 1.54) is 12.4 Å². The molecule has 0 atom stereocenters. The monoisotopic (exact) mass is 291 g/mol. The highest BCUT2D eigenvalue weighted by Crippen LogP contribution is 2.33. The van der Waals surface area contributed by atoms with Gasteiger partial charge < -0.3 is 4.57 Å². The van der Waals surface area contributed by atoms with Gasteiger partial charge in [0.1, 0.15) is 5.69 Å². The predicted molar refractivity (Wildman–Crippen MR) is 60.6 cm³/mol. The lowest BCUT2D eigenvalue weighted by Gasteiger charge is -2.09. The van der Waals surface area contributed by atoms with Gasteiger partial charge in [0, 0.05) is 23.9 Å². The maximum atomic E-state index is 13.6. The average Bonchev–Trinajstić information content (AvgIpc) is 2.95. The van der Waals surface area contributed by atoms with Crippen LogP contribution in [0.15, 0.2) is 12.4 Å². The van der Waals surface area contributed by atoms with E-state index in [1.54, 1.807) is 11.8 Å². The van der Waals surface area contributed by atoms with Crippen LogP contribution in [0.1, 0.15) is 11.1 Å². The Morgan fingerprint density at radius 3 is 1.63 bits per heavy atom. The summed E-state index contributed by atoms with van der Waals surface area (Å²) in [5.74, 6) is -8.33. The summed E-state index contributed by atoms with van der Waals surface area (Å²) in [6.07, 6.45) is 2.79. The zero-order chi connectivity index (χ0) is 13.7. The number of halogens is 5. The molecule has 1 aliphatic rings. The van der Waals surface area contributed by atoms with E-state index < -0.39 is 34.8 Å². The fourth-order valence-electron chi connectivity index (χ4n) is 2.02. The number of hydrogen-bond acceptors (Lipinski definition) is 1. The van der Waals surface area contributed by atoms with Crippen LogP contribution in [-0.4, -0.2) is 4.57 Å². The fourth-order valence-corrected chi connectivity index (χ4v) is 3.08. The van der Waals surface area contributed by atoms with Crippen molar-refractivity contribution in [2.24, 2.45) is 0 Å². The summed E-state index contributed by atoms with van der Waals surface area (Å²) in [4.78, 5) is 0. The summed E-state index contributed by atoms with van der Waals surface area (Å²) in [6, 6.07) is 0. The van der Waals surface area contributed by atoms with E-state index in [4.69, 9.17) is 0 Å². The van der Waals surface area contributed by atoms with E-state index in [2.05, 4.69) is 0 Å². The van der Waals surface area contributed by atoms with Crippen molar-refractivity contribution in [3.8, 4) is 5.69 Å². The van der Waals surface area contributed by atoms with E-state index >= 15 is 0 Å². The molecule has 1 nitrogen and oxygen atoms in total. The molecule has 0 radical (unpaired) electrons. The molecule has 0 saturated carbocycles. The first-order valence-corrected chi connectivity index (χ1v) is 6.45. The van der Waals surface area contributed by atoms with Gasteiger partial charge in [-0.05, 0) is 11.1 Å². The van der Waals surface area contributed by atoms with E-state index in [-0.39, 0.29) is 0 Å². The number of nitrogens with zero attached hydrogens (tertiary/aromatic N) is 1. The molecule has 0 amide bonds. The molecule has 7 heteroatoms. The molecule has 0 aliphatic carbocycles. The van der Waals surface area contributed by atoms with Crippen molar-refractivity contribution in [2.75, 3.05) is 0 Å². The van der Waals surface area contributed by atoms with Crippen LogP contribution < -0.4 is 0 Å². The molecule has 2 heterocycles. The van der Waals surface area contributed by atoms with Crippen molar-refractivity contribution < 1.29 is 22.0 Å². The molecule has 3 rings (SSSR count). The van der Waals surface area contributed by atoms with Gasteiger partial charge in [0.05, 0.1) is 0 Å². The van der Waals surface area contributed by atoms with Gasteiger partial charge in [-0.25, -0.2) is 22.0 Å². The van der Waals surface area contributed by atoms with Crippen LogP contribution in [0.25, 0.3) is 5.69 Å². The smallest absolute Gasteiger partial charge is 0.200 e. The first-order valence-electron chi connectivity index (χ1n) is 5.30. The van der Waals surface area contributed by atoms with Gasteiger partial charge in [-0.3, -0.25) is 0 Å². The second-order valence-electron chi connectivity index (χ2n) is 4.13. The molecule has 19 heavy (non-hydrogen) atoms. The molecule has 1 aliphatic heterocycles. The van der Waals surface area contributed by atoms with Crippen molar-refractivity contribution in [1.82, 2.24) is 4.57 Å². The number of fused-ring (bicyclic) bond motifs is 1. The maximum Gasteiger partial charge on any atom is 0.200 e. The molecular formula is C12H6F5NS. The Bertz CT molecular complexity index is 629. The molecule has 2 aromatic rings. The fraction of sp³-hybridized carbons (Fsp3) is 0.167. The topological polar surface area (TPSA) is 4.93 Å². The van der Waals surface area contributed by atoms with Gasteiger partial charge in [0.2, 0.25) is 5.82 Å². The van der Waals surface area contributed by atoms with Crippen molar-refractivity contribution in [3.05, 3.63) is 52.6 Å². The lowest BCUT2D eigenvalue weighted by Crippen LogP contribution is -2.08. The quantitative estimate of drug-likeness (QED) is 0.438.